The molecule has 5 nitrogen and oxygen atoms in total. The van der Waals surface area contributed by atoms with Crippen LogP contribution < -0.4 is 0 Å². The van der Waals surface area contributed by atoms with Crippen LogP contribution in [0.25, 0.3) is 0 Å². The number of fused-ring (bicyclic) bond motifs is 1. The molecule has 1 aliphatic heterocycles. The van der Waals surface area contributed by atoms with E-state index in [1.165, 1.54) is 0 Å². The Morgan fingerprint density at radius 3 is 3.10 bits per heavy atom. The Kier molecular flexibility index (Phi) is 3.33. The van der Waals surface area contributed by atoms with Gasteiger partial charge in [-0.2, -0.15) is 0 Å². The summed E-state index contributed by atoms with van der Waals surface area (Å²) in [4.78, 5) is 25.9. The fourth-order valence-corrected chi connectivity index (χ4v) is 4.53. The molecule has 3 rings (SSSR count). The lowest BCUT2D eigenvalue weighted by Gasteiger charge is -2.44. The zero-order valence-electron chi connectivity index (χ0n) is 31.1. The van der Waals surface area contributed by atoms with Gasteiger partial charge in [-0.15, -0.1) is 0 Å². The smallest absolute Gasteiger partial charge is 0.311 e. The van der Waals surface area contributed by atoms with Crippen LogP contribution in [0.5, 0.6) is 0 Å². The van der Waals surface area contributed by atoms with E-state index in [0.29, 0.717) is 12.5 Å². The highest BCUT2D eigenvalue weighted by Crippen LogP contribution is 2.45. The molecule has 5 heteroatoms. The van der Waals surface area contributed by atoms with Crippen LogP contribution in [-0.2, 0) is 19.1 Å². The maximum absolute atomic E-state index is 13.7. The summed E-state index contributed by atoms with van der Waals surface area (Å²) in [5, 5.41) is 4.45. The number of allylic oxidation sites excluding steroid dienone is 3. The highest BCUT2D eigenvalue weighted by molar-refractivity contribution is 5.76. The minimum Gasteiger partial charge on any atom is -0.462 e. The second-order valence-corrected chi connectivity index (χ2v) is 8.58. The van der Waals surface area contributed by atoms with E-state index in [1.807, 2.05) is 13.0 Å². The van der Waals surface area contributed by atoms with Crippen LogP contribution in [0.4, 0.5) is 0 Å². The van der Waals surface area contributed by atoms with Crippen LogP contribution in [0.1, 0.15) is 90.7 Å². The van der Waals surface area contributed by atoms with Gasteiger partial charge >= 0.3 is 11.9 Å². The molecule has 1 N–H and O–H groups in total. The number of cyclic esters (lactones) is 1. The van der Waals surface area contributed by atoms with Gasteiger partial charge in [-0.25, -0.2) is 0 Å². The largest absolute Gasteiger partial charge is 0.462 e. The van der Waals surface area contributed by atoms with Crippen LogP contribution >= 0.6 is 0 Å². The summed E-state index contributed by atoms with van der Waals surface area (Å²) in [5.74, 6) is -5.21. The molecule has 0 amide bonds. The van der Waals surface area contributed by atoms with E-state index in [9.17, 15) is 9.59 Å². The summed E-state index contributed by atoms with van der Waals surface area (Å²) in [5.41, 5.74) is -2.65. The molecule has 2 aliphatic carbocycles. The maximum Gasteiger partial charge on any atom is 0.311 e. The van der Waals surface area contributed by atoms with E-state index in [2.05, 4.69) is 5.11 Å². The van der Waals surface area contributed by atoms with Gasteiger partial charge in [-0.05, 0) is 62.7 Å². The number of hydrogen-bond donors (Lipinski definition) is 1. The summed E-state index contributed by atoms with van der Waals surface area (Å²) in [7, 11) is 0. The molecule has 0 spiro atoms. The molecule has 30 heavy (non-hydrogen) atoms. The van der Waals surface area contributed by atoms with Crippen LogP contribution in [0.3, 0.4) is 0 Å². The molecule has 1 heterocycles. The molecule has 2 unspecified atom stereocenters. The van der Waals surface area contributed by atoms with E-state index in [4.69, 9.17) is 28.7 Å². The molecule has 0 aromatic heterocycles. The molecule has 1 saturated heterocycles. The molecular formula is C25H38O5. The Bertz CT molecular complexity index is 1160. The van der Waals surface area contributed by atoms with Crippen LogP contribution in [0.2, 0.25) is 0 Å². The van der Waals surface area contributed by atoms with Crippen molar-refractivity contribution in [3.63, 3.8) is 0 Å². The highest BCUT2D eigenvalue weighted by atomic mass is 16.6. The number of aliphatic hydroxyl groups is 1. The Morgan fingerprint density at radius 2 is 2.37 bits per heavy atom. The van der Waals surface area contributed by atoms with Crippen molar-refractivity contribution in [2.24, 2.45) is 29.1 Å². The predicted molar refractivity (Wildman–Crippen MR) is 115 cm³/mol. The summed E-state index contributed by atoms with van der Waals surface area (Å²) < 4.78 is 121. The fourth-order valence-electron chi connectivity index (χ4n) is 4.53. The topological polar surface area (TPSA) is 72.8 Å². The average Bonchev–Trinajstić information content (AvgIpc) is 2.87. The number of aliphatic hydroxyl groups excluding tert-OH is 1. The molecule has 0 bridgehead atoms. The molecule has 0 aromatic rings. The molecule has 0 radical (unpaired) electrons. The van der Waals surface area contributed by atoms with E-state index >= 15 is 0 Å². The minimum absolute atomic E-state index is 0.0901. The summed E-state index contributed by atoms with van der Waals surface area (Å²) in [6, 6.07) is 0. The molecule has 0 aromatic carbocycles. The van der Waals surface area contributed by atoms with Gasteiger partial charge in [0.05, 0.1) is 17.9 Å². The third-order valence-electron chi connectivity index (χ3n) is 6.16. The lowest BCUT2D eigenvalue weighted by atomic mass is 9.65. The van der Waals surface area contributed by atoms with Crippen molar-refractivity contribution in [2.45, 2.75) is 91.1 Å². The van der Waals surface area contributed by atoms with Crippen LogP contribution in [0, 0.1) is 29.1 Å². The summed E-state index contributed by atoms with van der Waals surface area (Å²) >= 11 is 0. The SMILES string of the molecule is [2H]O[C@@H]1CC(CC[C@@H]2[C@@H]3C(=C[C@H](C([2H])([2H])[2H])C[C@@H]3OC(=O)C(C)(C([2H])([2H])[2H])C([2H])([2H])C([2H])([2H])[2H])C=C[C@@H]2C)OC(=O)C1([2H])[2H]. The van der Waals surface area contributed by atoms with Crippen molar-refractivity contribution in [3.8, 4) is 0 Å². The Labute approximate surface area is 200 Å². The van der Waals surface area contributed by atoms with Gasteiger partial charge in [0, 0.05) is 30.2 Å². The second-order valence-electron chi connectivity index (χ2n) is 8.58. The average molecular weight is 433 g/mol. The number of ether oxygens (including phenoxy) is 2. The number of carbonyl (C=O) groups excluding carboxylic acids is 2. The monoisotopic (exact) mass is 432 g/mol. The number of esters is 2. The molecular weight excluding hydrogens is 380 g/mol. The lowest BCUT2D eigenvalue weighted by Crippen LogP contribution is -2.43. The Morgan fingerprint density at radius 1 is 1.50 bits per heavy atom. The standard InChI is InChI=1S/C25H38O5/c1-6-25(4,5)24(28)30-21-12-15(2)11-17-8-7-16(3)20(23(17)21)10-9-19-13-18(26)14-22(27)29-19/h7-8,11,15-16,18-21,23,26H,6,9-10,12-14H2,1-5H3/t15-,16-,18+,19?,20-,21-,23-/m0/s1/i1D3,2D3,4D3,6D2,14D2,26D/t15-,16-,18+,19?,20-,21-,23-,25?. The van der Waals surface area contributed by atoms with Crippen molar-refractivity contribution < 1.29 is 42.0 Å². The number of rotatable bonds is 7. The molecule has 3 aliphatic rings. The lowest BCUT2D eigenvalue weighted by molar-refractivity contribution is -0.166. The van der Waals surface area contributed by atoms with E-state index < -0.39 is 86.7 Å². The maximum atomic E-state index is 13.7. The first-order valence-electron chi connectivity index (χ1n) is 17.2. The third kappa shape index (κ3) is 5.16. The van der Waals surface area contributed by atoms with Crippen LogP contribution in [0.15, 0.2) is 23.8 Å². The van der Waals surface area contributed by atoms with Gasteiger partial charge in [-0.1, -0.05) is 38.9 Å². The molecule has 0 saturated carbocycles. The number of carbonyl (C=O) groups is 2. The molecule has 1 fully saturated rings. The van der Waals surface area contributed by atoms with Crippen LogP contribution in [-0.4, -0.2) is 36.8 Å². The van der Waals surface area contributed by atoms with Crippen molar-refractivity contribution in [3.05, 3.63) is 23.8 Å². The van der Waals surface area contributed by atoms with E-state index in [0.717, 1.165) is 0 Å². The highest BCUT2D eigenvalue weighted by Gasteiger charge is 2.43. The van der Waals surface area contributed by atoms with Crippen molar-refractivity contribution >= 4 is 11.9 Å². The van der Waals surface area contributed by atoms with E-state index in [1.54, 1.807) is 12.2 Å². The van der Waals surface area contributed by atoms with Gasteiger partial charge in [0.2, 0.25) is 1.43 Å². The normalized spacial score (nSPS) is 48.4. The first kappa shape index (κ1) is 10.8. The summed E-state index contributed by atoms with van der Waals surface area (Å²) in [6.45, 7) is -6.97. The van der Waals surface area contributed by atoms with Crippen molar-refractivity contribution in [2.75, 3.05) is 0 Å². The predicted octanol–water partition coefficient (Wildman–Crippen LogP) is 4.59. The third-order valence-corrected chi connectivity index (χ3v) is 6.16. The summed E-state index contributed by atoms with van der Waals surface area (Å²) in [6.07, 6.45) is -4.32. The van der Waals surface area contributed by atoms with Gasteiger partial charge < -0.3 is 14.6 Å². The second kappa shape index (κ2) is 9.25. The van der Waals surface area contributed by atoms with Gasteiger partial charge in [0.1, 0.15) is 12.2 Å². The number of hydrogen-bond acceptors (Lipinski definition) is 5. The van der Waals surface area contributed by atoms with Gasteiger partial charge in [0.25, 0.3) is 0 Å². The first-order valence-corrected chi connectivity index (χ1v) is 10.2. The van der Waals surface area contributed by atoms with E-state index in [-0.39, 0.29) is 31.6 Å². The van der Waals surface area contributed by atoms with Crippen molar-refractivity contribution in [1.29, 1.82) is 1.43 Å². The van der Waals surface area contributed by atoms with Crippen molar-refractivity contribution in [1.82, 2.24) is 0 Å². The zero-order valence-corrected chi connectivity index (χ0v) is 17.1. The van der Waals surface area contributed by atoms with Gasteiger partial charge in [-0.3, -0.25) is 9.59 Å². The molecule has 168 valence electrons. The molecule has 8 atom stereocenters. The Balaban J connectivity index is 1.99. The zero-order chi connectivity index (χ0) is 33.8. The fraction of sp³-hybridized carbons (Fsp3) is 0.760. The quantitative estimate of drug-likeness (QED) is 0.596. The van der Waals surface area contributed by atoms with Gasteiger partial charge in [0.15, 0.2) is 0 Å². The first-order chi connectivity index (χ1) is 19.8. The Hall–Kier alpha value is -1.62. The minimum atomic E-state index is -3.55.